The zero-order valence-corrected chi connectivity index (χ0v) is 9.54. The molecule has 2 nitrogen and oxygen atoms in total. The minimum Gasteiger partial charge on any atom is -0.496 e. The van der Waals surface area contributed by atoms with Crippen LogP contribution in [0.4, 0.5) is 0 Å². The molecule has 0 aliphatic carbocycles. The number of alkyl halides is 1. The number of benzene rings is 1. The van der Waals surface area contributed by atoms with Crippen LogP contribution in [0.15, 0.2) is 24.3 Å². The van der Waals surface area contributed by atoms with Gasteiger partial charge in [-0.05, 0) is 36.3 Å². The van der Waals surface area contributed by atoms with Gasteiger partial charge in [-0.3, -0.25) is 4.79 Å². The lowest BCUT2D eigenvalue weighted by Crippen LogP contribution is -1.92. The third kappa shape index (κ3) is 3.40. The Bertz CT molecular complexity index is 383. The lowest BCUT2D eigenvalue weighted by Gasteiger charge is -2.04. The second kappa shape index (κ2) is 5.56. The largest absolute Gasteiger partial charge is 0.496 e. The highest BCUT2D eigenvalue weighted by Crippen LogP contribution is 2.19. The Hall–Kier alpha value is -1.28. The first kappa shape index (κ1) is 11.8. The number of aryl methyl sites for hydroxylation is 1. The van der Waals surface area contributed by atoms with E-state index in [4.69, 9.17) is 16.3 Å². The van der Waals surface area contributed by atoms with Crippen molar-refractivity contribution in [1.82, 2.24) is 0 Å². The Morgan fingerprint density at radius 2 is 2.27 bits per heavy atom. The van der Waals surface area contributed by atoms with Crippen LogP contribution in [0.5, 0.6) is 5.75 Å². The average Bonchev–Trinajstić information content (AvgIpc) is 2.26. The van der Waals surface area contributed by atoms with E-state index in [1.54, 1.807) is 13.2 Å². The van der Waals surface area contributed by atoms with Crippen molar-refractivity contribution in [2.24, 2.45) is 0 Å². The number of allylic oxidation sites excluding steroid dienone is 1. The molecule has 0 heterocycles. The van der Waals surface area contributed by atoms with Crippen molar-refractivity contribution in [2.75, 3.05) is 13.0 Å². The molecule has 1 aromatic carbocycles. The maximum Gasteiger partial charge on any atom is 0.170 e. The molecule has 0 fully saturated rings. The zero-order chi connectivity index (χ0) is 11.3. The standard InChI is InChI=1S/C12H13ClO2/c1-9-7-10(3-5-11(14)8-13)4-6-12(9)15-2/h3-7H,8H2,1-2H3. The summed E-state index contributed by atoms with van der Waals surface area (Å²) >= 11 is 5.38. The number of ether oxygens (including phenoxy) is 1. The third-order valence-electron chi connectivity index (χ3n) is 2.01. The minimum absolute atomic E-state index is 0.0195. The molecule has 1 aromatic rings. The highest BCUT2D eigenvalue weighted by atomic mass is 35.5. The Labute approximate surface area is 94.5 Å². The molecule has 0 N–H and O–H groups in total. The molecule has 0 aromatic heterocycles. The fraction of sp³-hybridized carbons (Fsp3) is 0.250. The van der Waals surface area contributed by atoms with Crippen LogP contribution in [0.3, 0.4) is 0 Å². The number of carbonyl (C=O) groups is 1. The van der Waals surface area contributed by atoms with Crippen LogP contribution < -0.4 is 4.74 Å². The van der Waals surface area contributed by atoms with Gasteiger partial charge in [0.1, 0.15) is 5.75 Å². The van der Waals surface area contributed by atoms with E-state index in [1.165, 1.54) is 6.08 Å². The molecule has 0 amide bonds. The number of carbonyl (C=O) groups excluding carboxylic acids is 1. The van der Waals surface area contributed by atoms with Gasteiger partial charge in [0.25, 0.3) is 0 Å². The normalized spacial score (nSPS) is 10.6. The maximum absolute atomic E-state index is 10.9. The van der Waals surface area contributed by atoms with Gasteiger partial charge in [0.05, 0.1) is 13.0 Å². The number of hydrogen-bond acceptors (Lipinski definition) is 2. The molecule has 0 spiro atoms. The molecule has 0 atom stereocenters. The smallest absolute Gasteiger partial charge is 0.170 e. The van der Waals surface area contributed by atoms with Crippen LogP contribution in [-0.4, -0.2) is 18.8 Å². The van der Waals surface area contributed by atoms with Gasteiger partial charge in [-0.25, -0.2) is 0 Å². The minimum atomic E-state index is -0.0925. The molecule has 3 heteroatoms. The SMILES string of the molecule is COc1ccc(C=CC(=O)CCl)cc1C. The molecule has 0 bridgehead atoms. The van der Waals surface area contributed by atoms with Crippen molar-refractivity contribution < 1.29 is 9.53 Å². The lowest BCUT2D eigenvalue weighted by molar-refractivity contribution is -0.112. The maximum atomic E-state index is 10.9. The van der Waals surface area contributed by atoms with Gasteiger partial charge < -0.3 is 4.74 Å². The summed E-state index contributed by atoms with van der Waals surface area (Å²) in [5.41, 5.74) is 2.00. The summed E-state index contributed by atoms with van der Waals surface area (Å²) in [7, 11) is 1.63. The molecule has 15 heavy (non-hydrogen) atoms. The number of rotatable bonds is 4. The fourth-order valence-electron chi connectivity index (χ4n) is 1.24. The summed E-state index contributed by atoms with van der Waals surface area (Å²) in [4.78, 5) is 10.9. The van der Waals surface area contributed by atoms with Gasteiger partial charge in [-0.15, -0.1) is 11.6 Å². The first-order valence-corrected chi connectivity index (χ1v) is 5.12. The number of hydrogen-bond donors (Lipinski definition) is 0. The van der Waals surface area contributed by atoms with Gasteiger partial charge in [0.15, 0.2) is 5.78 Å². The molecular formula is C12H13ClO2. The summed E-state index contributed by atoms with van der Waals surface area (Å²) in [6.45, 7) is 1.96. The quantitative estimate of drug-likeness (QED) is 0.581. The monoisotopic (exact) mass is 224 g/mol. The van der Waals surface area contributed by atoms with E-state index in [9.17, 15) is 4.79 Å². The van der Waals surface area contributed by atoms with Crippen LogP contribution in [0, 0.1) is 6.92 Å². The van der Waals surface area contributed by atoms with E-state index >= 15 is 0 Å². The lowest BCUT2D eigenvalue weighted by atomic mass is 10.1. The Kier molecular flexibility index (Phi) is 4.37. The molecule has 0 unspecified atom stereocenters. The predicted molar refractivity (Wildman–Crippen MR) is 62.5 cm³/mol. The van der Waals surface area contributed by atoms with Crippen molar-refractivity contribution in [3.8, 4) is 5.75 Å². The van der Waals surface area contributed by atoms with Crippen LogP contribution >= 0.6 is 11.6 Å². The van der Waals surface area contributed by atoms with Gasteiger partial charge in [-0.2, -0.15) is 0 Å². The zero-order valence-electron chi connectivity index (χ0n) is 8.79. The number of halogens is 1. The first-order chi connectivity index (χ1) is 7.17. The molecule has 0 radical (unpaired) electrons. The van der Waals surface area contributed by atoms with Gasteiger partial charge in [0, 0.05) is 0 Å². The van der Waals surface area contributed by atoms with Crippen molar-refractivity contribution in [3.63, 3.8) is 0 Å². The van der Waals surface area contributed by atoms with Gasteiger partial charge in [-0.1, -0.05) is 12.1 Å². The summed E-state index contributed by atoms with van der Waals surface area (Å²) in [5.74, 6) is 0.770. The highest BCUT2D eigenvalue weighted by molar-refractivity contribution is 6.29. The van der Waals surface area contributed by atoms with Crippen molar-refractivity contribution in [2.45, 2.75) is 6.92 Å². The highest BCUT2D eigenvalue weighted by Gasteiger charge is 1.98. The molecule has 0 aliphatic heterocycles. The van der Waals surface area contributed by atoms with Crippen LogP contribution in [0.25, 0.3) is 6.08 Å². The summed E-state index contributed by atoms with van der Waals surface area (Å²) in [5, 5.41) is 0. The topological polar surface area (TPSA) is 26.3 Å². The second-order valence-corrected chi connectivity index (χ2v) is 3.43. The average molecular weight is 225 g/mol. The van der Waals surface area contributed by atoms with Crippen molar-refractivity contribution in [3.05, 3.63) is 35.4 Å². The summed E-state index contributed by atoms with van der Waals surface area (Å²) in [6, 6.07) is 5.72. The van der Waals surface area contributed by atoms with Crippen LogP contribution in [0.2, 0.25) is 0 Å². The van der Waals surface area contributed by atoms with E-state index in [1.807, 2.05) is 25.1 Å². The van der Waals surface area contributed by atoms with E-state index in [-0.39, 0.29) is 11.7 Å². The van der Waals surface area contributed by atoms with Crippen LogP contribution in [0.1, 0.15) is 11.1 Å². The van der Waals surface area contributed by atoms with E-state index in [2.05, 4.69) is 0 Å². The second-order valence-electron chi connectivity index (χ2n) is 3.16. The first-order valence-electron chi connectivity index (χ1n) is 4.59. The van der Waals surface area contributed by atoms with Crippen molar-refractivity contribution in [1.29, 1.82) is 0 Å². The van der Waals surface area contributed by atoms with E-state index in [0.29, 0.717) is 0 Å². The third-order valence-corrected chi connectivity index (χ3v) is 2.28. The molecular weight excluding hydrogens is 212 g/mol. The summed E-state index contributed by atoms with van der Waals surface area (Å²) < 4.78 is 5.13. The predicted octanol–water partition coefficient (Wildman–Crippen LogP) is 2.82. The Morgan fingerprint density at radius 3 is 2.80 bits per heavy atom. The van der Waals surface area contributed by atoms with Gasteiger partial charge >= 0.3 is 0 Å². The Morgan fingerprint density at radius 1 is 1.53 bits per heavy atom. The molecule has 0 saturated heterocycles. The molecule has 80 valence electrons. The fourth-order valence-corrected chi connectivity index (χ4v) is 1.33. The molecule has 0 aliphatic rings. The Balaban J connectivity index is 2.84. The molecule has 0 saturated carbocycles. The van der Waals surface area contributed by atoms with Crippen molar-refractivity contribution >= 4 is 23.5 Å². The van der Waals surface area contributed by atoms with Crippen LogP contribution in [-0.2, 0) is 4.79 Å². The number of methoxy groups -OCH3 is 1. The van der Waals surface area contributed by atoms with E-state index < -0.39 is 0 Å². The summed E-state index contributed by atoms with van der Waals surface area (Å²) in [6.07, 6.45) is 3.23. The molecule has 1 rings (SSSR count). The number of ketones is 1. The van der Waals surface area contributed by atoms with E-state index in [0.717, 1.165) is 16.9 Å². The van der Waals surface area contributed by atoms with Gasteiger partial charge in [0.2, 0.25) is 0 Å².